The third-order valence-electron chi connectivity index (χ3n) is 1.97. The lowest BCUT2D eigenvalue weighted by Gasteiger charge is -2.25. The molecule has 0 bridgehead atoms. The molecule has 0 spiro atoms. The summed E-state index contributed by atoms with van der Waals surface area (Å²) in [6, 6.07) is 0. The fourth-order valence-corrected chi connectivity index (χ4v) is 1.41. The highest BCUT2D eigenvalue weighted by Crippen LogP contribution is 2.16. The van der Waals surface area contributed by atoms with Crippen molar-refractivity contribution in [2.75, 3.05) is 33.2 Å². The van der Waals surface area contributed by atoms with E-state index in [1.807, 2.05) is 6.92 Å². The standard InChI is InChI=1S/C9H19F3N2/c1-4-14(7-9(10,11)12)6-8(2)5-13-3/h8,13H,4-7H2,1-3H3. The lowest BCUT2D eigenvalue weighted by molar-refractivity contribution is -0.146. The maximum absolute atomic E-state index is 12.1. The molecule has 0 fully saturated rings. The summed E-state index contributed by atoms with van der Waals surface area (Å²) in [5.74, 6) is 0.238. The summed E-state index contributed by atoms with van der Waals surface area (Å²) < 4.78 is 36.2. The Bertz CT molecular complexity index is 147. The first kappa shape index (κ1) is 13.7. The number of nitrogens with one attached hydrogen (secondary N) is 1. The Morgan fingerprint density at radius 2 is 1.93 bits per heavy atom. The van der Waals surface area contributed by atoms with Gasteiger partial charge in [-0.3, -0.25) is 4.90 Å². The fourth-order valence-electron chi connectivity index (χ4n) is 1.41. The molecule has 0 heterocycles. The molecule has 5 heteroatoms. The van der Waals surface area contributed by atoms with Gasteiger partial charge in [0.05, 0.1) is 6.54 Å². The van der Waals surface area contributed by atoms with E-state index in [2.05, 4.69) is 5.32 Å². The maximum atomic E-state index is 12.1. The van der Waals surface area contributed by atoms with E-state index in [1.54, 1.807) is 14.0 Å². The van der Waals surface area contributed by atoms with E-state index in [0.717, 1.165) is 6.54 Å². The van der Waals surface area contributed by atoms with Gasteiger partial charge in [-0.1, -0.05) is 13.8 Å². The van der Waals surface area contributed by atoms with Gasteiger partial charge in [0.2, 0.25) is 0 Å². The number of nitrogens with zero attached hydrogens (tertiary/aromatic N) is 1. The summed E-state index contributed by atoms with van der Waals surface area (Å²) in [6.07, 6.45) is -4.09. The van der Waals surface area contributed by atoms with Crippen LogP contribution in [0.5, 0.6) is 0 Å². The molecule has 86 valence electrons. The van der Waals surface area contributed by atoms with E-state index in [9.17, 15) is 13.2 Å². The van der Waals surface area contributed by atoms with Crippen LogP contribution < -0.4 is 5.32 Å². The first-order valence-electron chi connectivity index (χ1n) is 4.82. The molecule has 0 aromatic heterocycles. The monoisotopic (exact) mass is 212 g/mol. The molecule has 1 unspecified atom stereocenters. The van der Waals surface area contributed by atoms with Crippen molar-refractivity contribution in [3.05, 3.63) is 0 Å². The van der Waals surface area contributed by atoms with Crippen molar-refractivity contribution in [1.29, 1.82) is 0 Å². The van der Waals surface area contributed by atoms with E-state index in [4.69, 9.17) is 0 Å². The molecular formula is C9H19F3N2. The summed E-state index contributed by atoms with van der Waals surface area (Å²) in [5, 5.41) is 2.95. The van der Waals surface area contributed by atoms with Gasteiger partial charge in [0.15, 0.2) is 0 Å². The molecule has 0 aliphatic heterocycles. The zero-order valence-corrected chi connectivity index (χ0v) is 8.99. The average Bonchev–Trinajstić information content (AvgIpc) is 2.01. The number of halogens is 3. The predicted molar refractivity (Wildman–Crippen MR) is 51.3 cm³/mol. The highest BCUT2D eigenvalue weighted by Gasteiger charge is 2.30. The molecule has 0 rings (SSSR count). The number of hydrogen-bond donors (Lipinski definition) is 1. The van der Waals surface area contributed by atoms with Crippen LogP contribution in [-0.2, 0) is 0 Å². The average molecular weight is 212 g/mol. The van der Waals surface area contributed by atoms with Crippen LogP contribution in [0.1, 0.15) is 13.8 Å². The van der Waals surface area contributed by atoms with Crippen molar-refractivity contribution in [3.8, 4) is 0 Å². The van der Waals surface area contributed by atoms with E-state index in [0.29, 0.717) is 13.1 Å². The molecule has 14 heavy (non-hydrogen) atoms. The van der Waals surface area contributed by atoms with Gasteiger partial charge in [0.25, 0.3) is 0 Å². The van der Waals surface area contributed by atoms with Crippen LogP contribution in [0.3, 0.4) is 0 Å². The Balaban J connectivity index is 3.90. The smallest absolute Gasteiger partial charge is 0.319 e. The highest BCUT2D eigenvalue weighted by atomic mass is 19.4. The number of hydrogen-bond acceptors (Lipinski definition) is 2. The van der Waals surface area contributed by atoms with Crippen LogP contribution in [0.15, 0.2) is 0 Å². The van der Waals surface area contributed by atoms with Gasteiger partial charge >= 0.3 is 6.18 Å². The van der Waals surface area contributed by atoms with E-state index in [-0.39, 0.29) is 5.92 Å². The van der Waals surface area contributed by atoms with Crippen molar-refractivity contribution >= 4 is 0 Å². The number of rotatable bonds is 6. The Morgan fingerprint density at radius 3 is 2.29 bits per heavy atom. The third-order valence-corrected chi connectivity index (χ3v) is 1.97. The summed E-state index contributed by atoms with van der Waals surface area (Å²) in [5.41, 5.74) is 0. The molecule has 1 atom stereocenters. The minimum atomic E-state index is -4.09. The first-order chi connectivity index (χ1) is 6.39. The lowest BCUT2D eigenvalue weighted by atomic mass is 10.1. The summed E-state index contributed by atoms with van der Waals surface area (Å²) in [4.78, 5) is 1.42. The molecule has 2 nitrogen and oxygen atoms in total. The second-order valence-electron chi connectivity index (χ2n) is 3.61. The van der Waals surface area contributed by atoms with Gasteiger partial charge in [-0.15, -0.1) is 0 Å². The highest BCUT2D eigenvalue weighted by molar-refractivity contribution is 4.66. The van der Waals surface area contributed by atoms with Crippen LogP contribution in [-0.4, -0.2) is 44.3 Å². The Kier molecular flexibility index (Phi) is 6.11. The summed E-state index contributed by atoms with van der Waals surface area (Å²) in [7, 11) is 1.80. The maximum Gasteiger partial charge on any atom is 0.401 e. The first-order valence-corrected chi connectivity index (χ1v) is 4.82. The third kappa shape index (κ3) is 7.15. The molecular weight excluding hydrogens is 193 g/mol. The Morgan fingerprint density at radius 1 is 1.36 bits per heavy atom. The second kappa shape index (κ2) is 6.24. The molecule has 0 amide bonds. The zero-order valence-electron chi connectivity index (χ0n) is 8.99. The van der Waals surface area contributed by atoms with Gasteiger partial charge < -0.3 is 5.32 Å². The topological polar surface area (TPSA) is 15.3 Å². The van der Waals surface area contributed by atoms with E-state index in [1.165, 1.54) is 4.90 Å². The van der Waals surface area contributed by atoms with Crippen molar-refractivity contribution in [1.82, 2.24) is 10.2 Å². The summed E-state index contributed by atoms with van der Waals surface area (Å²) >= 11 is 0. The number of alkyl halides is 3. The molecule has 0 aromatic rings. The van der Waals surface area contributed by atoms with E-state index >= 15 is 0 Å². The van der Waals surface area contributed by atoms with Crippen molar-refractivity contribution < 1.29 is 13.2 Å². The van der Waals surface area contributed by atoms with Gasteiger partial charge in [-0.2, -0.15) is 13.2 Å². The Hall–Kier alpha value is -0.290. The lowest BCUT2D eigenvalue weighted by Crippen LogP contribution is -2.38. The fraction of sp³-hybridized carbons (Fsp3) is 1.00. The molecule has 1 N–H and O–H groups in total. The van der Waals surface area contributed by atoms with Crippen LogP contribution >= 0.6 is 0 Å². The minimum Gasteiger partial charge on any atom is -0.319 e. The van der Waals surface area contributed by atoms with Gasteiger partial charge in [-0.05, 0) is 26.1 Å². The van der Waals surface area contributed by atoms with Crippen LogP contribution in [0, 0.1) is 5.92 Å². The van der Waals surface area contributed by atoms with Crippen LogP contribution in [0.25, 0.3) is 0 Å². The molecule has 0 aliphatic rings. The molecule has 0 aromatic carbocycles. The van der Waals surface area contributed by atoms with Crippen molar-refractivity contribution in [2.24, 2.45) is 5.92 Å². The molecule has 0 aliphatic carbocycles. The predicted octanol–water partition coefficient (Wildman–Crippen LogP) is 1.73. The van der Waals surface area contributed by atoms with Gasteiger partial charge in [0.1, 0.15) is 0 Å². The SMILES string of the molecule is CCN(CC(C)CNC)CC(F)(F)F. The van der Waals surface area contributed by atoms with Crippen LogP contribution in [0.2, 0.25) is 0 Å². The molecule has 0 radical (unpaired) electrons. The van der Waals surface area contributed by atoms with Crippen LogP contribution in [0.4, 0.5) is 13.2 Å². The minimum absolute atomic E-state index is 0.238. The molecule has 0 saturated carbocycles. The van der Waals surface area contributed by atoms with Gasteiger partial charge in [0, 0.05) is 6.54 Å². The van der Waals surface area contributed by atoms with Crippen molar-refractivity contribution in [3.63, 3.8) is 0 Å². The zero-order chi connectivity index (χ0) is 11.2. The molecule has 0 saturated heterocycles. The normalized spacial score (nSPS) is 14.8. The van der Waals surface area contributed by atoms with Gasteiger partial charge in [-0.25, -0.2) is 0 Å². The van der Waals surface area contributed by atoms with E-state index < -0.39 is 12.7 Å². The summed E-state index contributed by atoms with van der Waals surface area (Å²) in [6.45, 7) is 4.55. The largest absolute Gasteiger partial charge is 0.401 e. The quantitative estimate of drug-likeness (QED) is 0.721. The van der Waals surface area contributed by atoms with Crippen molar-refractivity contribution in [2.45, 2.75) is 20.0 Å². The second-order valence-corrected chi connectivity index (χ2v) is 3.61. The Labute approximate surface area is 83.5 Å².